The number of benzene rings is 3. The summed E-state index contributed by atoms with van der Waals surface area (Å²) in [6, 6.07) is 21.2. The summed E-state index contributed by atoms with van der Waals surface area (Å²) in [5.74, 6) is -1.34. The van der Waals surface area contributed by atoms with Gasteiger partial charge in [-0.15, -0.1) is 0 Å². The Labute approximate surface area is 224 Å². The lowest BCUT2D eigenvalue weighted by Crippen LogP contribution is -2.54. The molecule has 10 heteroatoms. The maximum atomic E-state index is 12.4. The van der Waals surface area contributed by atoms with Gasteiger partial charge in [-0.05, 0) is 46.4 Å². The van der Waals surface area contributed by atoms with E-state index in [-0.39, 0.29) is 37.3 Å². The number of carbonyl (C=O) groups is 4. The molecule has 0 saturated carbocycles. The maximum absolute atomic E-state index is 12.4. The minimum Gasteiger partial charge on any atom is -0.433 e. The Kier molecular flexibility index (Phi) is 7.55. The van der Waals surface area contributed by atoms with Crippen LogP contribution in [0, 0.1) is 0 Å². The van der Waals surface area contributed by atoms with Crippen LogP contribution in [-0.2, 0) is 25.5 Å². The van der Waals surface area contributed by atoms with Gasteiger partial charge in [0.1, 0.15) is 12.6 Å². The molecule has 1 heterocycles. The first-order chi connectivity index (χ1) is 18.9. The van der Waals surface area contributed by atoms with Crippen molar-refractivity contribution in [3.05, 3.63) is 89.5 Å². The van der Waals surface area contributed by atoms with Gasteiger partial charge < -0.3 is 25.8 Å². The smallest absolute Gasteiger partial charge is 0.433 e. The van der Waals surface area contributed by atoms with Crippen molar-refractivity contribution in [3.63, 3.8) is 0 Å². The average Bonchev–Trinajstić information content (AvgIpc) is 3.24. The van der Waals surface area contributed by atoms with Gasteiger partial charge in [0.2, 0.25) is 5.91 Å². The molecule has 0 radical (unpaired) electrons. The molecule has 1 aliphatic heterocycles. The second-order valence-corrected chi connectivity index (χ2v) is 9.52. The fourth-order valence-electron chi connectivity index (χ4n) is 4.91. The van der Waals surface area contributed by atoms with Crippen molar-refractivity contribution in [2.45, 2.75) is 30.8 Å². The number of nitrogens with two attached hydrogens (primary N) is 1. The van der Waals surface area contributed by atoms with Crippen LogP contribution in [0.15, 0.2) is 72.8 Å². The predicted octanol–water partition coefficient (Wildman–Crippen LogP) is 3.06. The summed E-state index contributed by atoms with van der Waals surface area (Å²) < 4.78 is 10.2. The SMILES string of the molecule is N[C@@H](Cc1ccc(NCC2CC(=O)NC(=O)N2)cc1)C(=O)OC(=O)OCC1c2ccccc2-c2ccccc21. The summed E-state index contributed by atoms with van der Waals surface area (Å²) in [7, 11) is 0. The van der Waals surface area contributed by atoms with Gasteiger partial charge in [0.05, 0.1) is 6.04 Å². The van der Waals surface area contributed by atoms with E-state index in [9.17, 15) is 19.2 Å². The van der Waals surface area contributed by atoms with Crippen LogP contribution in [0.2, 0.25) is 0 Å². The lowest BCUT2D eigenvalue weighted by molar-refractivity contribution is -0.141. The minimum atomic E-state index is -1.08. The number of nitrogens with one attached hydrogen (secondary N) is 3. The molecule has 1 unspecified atom stereocenters. The van der Waals surface area contributed by atoms with Gasteiger partial charge in [-0.2, -0.15) is 0 Å². The van der Waals surface area contributed by atoms with E-state index in [2.05, 4.69) is 16.0 Å². The summed E-state index contributed by atoms with van der Waals surface area (Å²) in [5.41, 5.74) is 11.8. The molecule has 200 valence electrons. The molecule has 2 atom stereocenters. The Morgan fingerprint density at radius 2 is 1.59 bits per heavy atom. The summed E-state index contributed by atoms with van der Waals surface area (Å²) in [4.78, 5) is 47.6. The largest absolute Gasteiger partial charge is 0.516 e. The van der Waals surface area contributed by atoms with Crippen LogP contribution < -0.4 is 21.7 Å². The van der Waals surface area contributed by atoms with Crippen molar-refractivity contribution in [3.8, 4) is 11.1 Å². The number of amides is 3. The van der Waals surface area contributed by atoms with Gasteiger partial charge >= 0.3 is 18.2 Å². The zero-order valence-electron chi connectivity index (χ0n) is 21.0. The molecule has 3 aromatic carbocycles. The first-order valence-corrected chi connectivity index (χ1v) is 12.6. The van der Waals surface area contributed by atoms with Gasteiger partial charge in [-0.3, -0.25) is 10.1 Å². The summed E-state index contributed by atoms with van der Waals surface area (Å²) in [6.07, 6.45) is -0.730. The van der Waals surface area contributed by atoms with Crippen molar-refractivity contribution in [2.24, 2.45) is 5.73 Å². The van der Waals surface area contributed by atoms with E-state index < -0.39 is 24.2 Å². The zero-order chi connectivity index (χ0) is 27.4. The van der Waals surface area contributed by atoms with Gasteiger partial charge in [-0.25, -0.2) is 14.4 Å². The third kappa shape index (κ3) is 6.07. The molecule has 1 saturated heterocycles. The van der Waals surface area contributed by atoms with Crippen LogP contribution in [0.3, 0.4) is 0 Å². The highest BCUT2D eigenvalue weighted by molar-refractivity contribution is 5.97. The van der Waals surface area contributed by atoms with Gasteiger partial charge in [0, 0.05) is 24.6 Å². The Morgan fingerprint density at radius 3 is 2.23 bits per heavy atom. The number of urea groups is 1. The molecule has 2 aliphatic rings. The lowest BCUT2D eigenvalue weighted by Gasteiger charge is -2.23. The van der Waals surface area contributed by atoms with Crippen molar-refractivity contribution in [1.82, 2.24) is 10.6 Å². The Bertz CT molecular complexity index is 1350. The van der Waals surface area contributed by atoms with Crippen LogP contribution in [0.1, 0.15) is 29.0 Å². The number of esters is 1. The number of ether oxygens (including phenoxy) is 2. The van der Waals surface area contributed by atoms with E-state index in [0.29, 0.717) is 6.54 Å². The number of imide groups is 1. The number of anilines is 1. The molecule has 3 amide bonds. The summed E-state index contributed by atoms with van der Waals surface area (Å²) >= 11 is 0. The number of rotatable bonds is 8. The standard InChI is InChI=1S/C29H28N4O6/c30-25(13-17-9-11-18(12-10-17)31-15-19-14-26(34)33-28(36)32-19)27(35)39-29(37)38-16-24-22-7-3-1-5-20(22)21-6-2-4-8-23(21)24/h1-12,19,24-25,31H,13-16,30H2,(H2,32,33,34,36)/t19?,25-/m0/s1. The van der Waals surface area contributed by atoms with Gasteiger partial charge in [-0.1, -0.05) is 60.7 Å². The minimum absolute atomic E-state index is 0.0407. The molecule has 1 fully saturated rings. The van der Waals surface area contributed by atoms with Crippen molar-refractivity contribution in [1.29, 1.82) is 0 Å². The van der Waals surface area contributed by atoms with Crippen molar-refractivity contribution in [2.75, 3.05) is 18.5 Å². The van der Waals surface area contributed by atoms with E-state index in [1.807, 2.05) is 48.5 Å². The molecule has 1 aliphatic carbocycles. The lowest BCUT2D eigenvalue weighted by atomic mass is 9.98. The maximum Gasteiger partial charge on any atom is 0.516 e. The van der Waals surface area contributed by atoms with Crippen LogP contribution in [-0.4, -0.2) is 49.3 Å². The first kappa shape index (κ1) is 25.9. The molecule has 0 spiro atoms. The molecule has 3 aromatic rings. The van der Waals surface area contributed by atoms with Crippen LogP contribution in [0.4, 0.5) is 15.3 Å². The molecule has 39 heavy (non-hydrogen) atoms. The summed E-state index contributed by atoms with van der Waals surface area (Å²) in [5, 5.41) is 8.02. The van der Waals surface area contributed by atoms with E-state index in [4.69, 9.17) is 15.2 Å². The highest BCUT2D eigenvalue weighted by atomic mass is 16.7. The molecule has 5 rings (SSSR count). The summed E-state index contributed by atoms with van der Waals surface area (Å²) in [6.45, 7) is 0.420. The molecular formula is C29H28N4O6. The normalized spacial score (nSPS) is 16.8. The Morgan fingerprint density at radius 1 is 0.949 bits per heavy atom. The zero-order valence-corrected chi connectivity index (χ0v) is 21.0. The number of hydrogen-bond donors (Lipinski definition) is 4. The van der Waals surface area contributed by atoms with Gasteiger partial charge in [0.15, 0.2) is 0 Å². The average molecular weight is 529 g/mol. The Balaban J connectivity index is 1.09. The molecule has 10 nitrogen and oxygen atoms in total. The third-order valence-corrected chi connectivity index (χ3v) is 6.80. The molecular weight excluding hydrogens is 500 g/mol. The fraction of sp³-hybridized carbons (Fsp3) is 0.241. The third-order valence-electron chi connectivity index (χ3n) is 6.80. The number of hydrogen-bond acceptors (Lipinski definition) is 8. The monoisotopic (exact) mass is 528 g/mol. The Hall–Kier alpha value is -4.70. The topological polar surface area (TPSA) is 149 Å². The van der Waals surface area contributed by atoms with Crippen LogP contribution in [0.25, 0.3) is 11.1 Å². The fourth-order valence-corrected chi connectivity index (χ4v) is 4.91. The molecule has 0 bridgehead atoms. The predicted molar refractivity (Wildman–Crippen MR) is 143 cm³/mol. The second-order valence-electron chi connectivity index (χ2n) is 9.52. The van der Waals surface area contributed by atoms with Gasteiger partial charge in [0.25, 0.3) is 0 Å². The van der Waals surface area contributed by atoms with E-state index >= 15 is 0 Å². The quantitative estimate of drug-likeness (QED) is 0.258. The van der Waals surface area contributed by atoms with E-state index in [1.165, 1.54) is 0 Å². The highest BCUT2D eigenvalue weighted by Crippen LogP contribution is 2.44. The number of fused-ring (bicyclic) bond motifs is 3. The van der Waals surface area contributed by atoms with Crippen LogP contribution >= 0.6 is 0 Å². The molecule has 5 N–H and O–H groups in total. The van der Waals surface area contributed by atoms with Crippen molar-refractivity contribution >= 4 is 29.8 Å². The van der Waals surface area contributed by atoms with E-state index in [0.717, 1.165) is 33.5 Å². The first-order valence-electron chi connectivity index (χ1n) is 12.6. The van der Waals surface area contributed by atoms with E-state index in [1.54, 1.807) is 24.3 Å². The molecule has 0 aromatic heterocycles. The highest BCUT2D eigenvalue weighted by Gasteiger charge is 2.30. The van der Waals surface area contributed by atoms with Crippen LogP contribution in [0.5, 0.6) is 0 Å². The van der Waals surface area contributed by atoms with Crippen molar-refractivity contribution < 1.29 is 28.7 Å². The number of carbonyl (C=O) groups excluding carboxylic acids is 4. The second kappa shape index (κ2) is 11.4.